The number of nitrogens with zero attached hydrogens (tertiary/aromatic N) is 3. The first kappa shape index (κ1) is 39.2. The first-order valence-electron chi connectivity index (χ1n) is 22.8. The van der Waals surface area contributed by atoms with Gasteiger partial charge in [0.2, 0.25) is 0 Å². The first-order chi connectivity index (χ1) is 32.5. The van der Waals surface area contributed by atoms with E-state index in [0.29, 0.717) is 0 Å². The van der Waals surface area contributed by atoms with Gasteiger partial charge in [0.05, 0.1) is 16.7 Å². The van der Waals surface area contributed by atoms with Gasteiger partial charge in [-0.3, -0.25) is 0 Å². The molecule has 2 heterocycles. The van der Waals surface area contributed by atoms with Gasteiger partial charge in [-0.2, -0.15) is 0 Å². The second-order valence-corrected chi connectivity index (χ2v) is 17.8. The zero-order valence-electron chi connectivity index (χ0n) is 37.0. The average Bonchev–Trinajstić information content (AvgIpc) is 3.72. The maximum Gasteiger partial charge on any atom is 0.0582 e. The highest BCUT2D eigenvalue weighted by molar-refractivity contribution is 6.13. The molecular weight excluding hydrogens is 799 g/mol. The highest BCUT2D eigenvalue weighted by Crippen LogP contribution is 2.50. The molecule has 1 aromatic heterocycles. The summed E-state index contributed by atoms with van der Waals surface area (Å²) in [4.78, 5) is 4.80. The molecule has 0 bridgehead atoms. The van der Waals surface area contributed by atoms with Crippen LogP contribution in [0.4, 0.5) is 34.1 Å². The van der Waals surface area contributed by atoms with E-state index < -0.39 is 0 Å². The number of anilines is 6. The molecule has 0 saturated heterocycles. The lowest BCUT2D eigenvalue weighted by molar-refractivity contribution is 0.630. The summed E-state index contributed by atoms with van der Waals surface area (Å²) in [5.41, 5.74) is 19.7. The number of hydrogen-bond donors (Lipinski definition) is 0. The minimum atomic E-state index is -0.247. The molecule has 3 heteroatoms. The zero-order valence-corrected chi connectivity index (χ0v) is 37.0. The third kappa shape index (κ3) is 6.67. The molecule has 0 atom stereocenters. The van der Waals surface area contributed by atoms with E-state index in [1.54, 1.807) is 0 Å². The number of fused-ring (bicyclic) bond motifs is 5. The van der Waals surface area contributed by atoms with Gasteiger partial charge in [0.15, 0.2) is 0 Å². The Bertz CT molecular complexity index is 3380. The minimum absolute atomic E-state index is 0.247. The van der Waals surface area contributed by atoms with Crippen LogP contribution in [-0.4, -0.2) is 4.57 Å². The van der Waals surface area contributed by atoms with Crippen molar-refractivity contribution in [2.45, 2.75) is 19.3 Å². The summed E-state index contributed by atoms with van der Waals surface area (Å²) in [7, 11) is 0. The van der Waals surface area contributed by atoms with Crippen LogP contribution < -0.4 is 9.80 Å². The Morgan fingerprint density at radius 3 is 1.27 bits per heavy atom. The Kier molecular flexibility index (Phi) is 9.50. The largest absolute Gasteiger partial charge is 0.310 e. The predicted molar refractivity (Wildman–Crippen MR) is 279 cm³/mol. The molecule has 12 rings (SSSR count). The van der Waals surface area contributed by atoms with E-state index in [9.17, 15) is 0 Å². The van der Waals surface area contributed by atoms with Crippen LogP contribution >= 0.6 is 0 Å². The highest BCUT2D eigenvalue weighted by atomic mass is 15.2. The SMILES string of the molecule is CC1(C)c2ccccc2-n2c3ccccc3c3cc(-c4cc(N(c5ccccc5)c5ccc(-c6ccccc6)cc5)cc(N(c5ccccc5)c5ccc(-c6ccccc6)cc5)c4)cc1c32. The lowest BCUT2D eigenvalue weighted by atomic mass is 9.74. The van der Waals surface area contributed by atoms with Crippen LogP contribution in [0, 0.1) is 0 Å². The zero-order chi connectivity index (χ0) is 44.2. The fourth-order valence-electron chi connectivity index (χ4n) is 10.3. The molecule has 0 N–H and O–H groups in total. The maximum absolute atomic E-state index is 2.50. The van der Waals surface area contributed by atoms with Crippen LogP contribution in [0.3, 0.4) is 0 Å². The van der Waals surface area contributed by atoms with Crippen LogP contribution in [0.5, 0.6) is 0 Å². The normalized spacial score (nSPS) is 12.5. The number of rotatable bonds is 9. The Labute approximate surface area is 386 Å². The number of hydrogen-bond acceptors (Lipinski definition) is 2. The summed E-state index contributed by atoms with van der Waals surface area (Å²) in [6, 6.07) is 90.6. The van der Waals surface area contributed by atoms with E-state index in [1.165, 1.54) is 66.4 Å². The molecule has 0 aliphatic carbocycles. The summed E-state index contributed by atoms with van der Waals surface area (Å²) >= 11 is 0. The summed E-state index contributed by atoms with van der Waals surface area (Å²) in [5.74, 6) is 0. The molecule has 314 valence electrons. The summed E-state index contributed by atoms with van der Waals surface area (Å²) in [6.45, 7) is 4.78. The van der Waals surface area contributed by atoms with Crippen molar-refractivity contribution in [2.24, 2.45) is 0 Å². The first-order valence-corrected chi connectivity index (χ1v) is 22.8. The van der Waals surface area contributed by atoms with Gasteiger partial charge in [-0.15, -0.1) is 0 Å². The summed E-state index contributed by atoms with van der Waals surface area (Å²) < 4.78 is 2.50. The van der Waals surface area contributed by atoms with Gasteiger partial charge in [-0.1, -0.05) is 172 Å². The van der Waals surface area contributed by atoms with Gasteiger partial charge in [0.25, 0.3) is 0 Å². The van der Waals surface area contributed by atoms with Crippen molar-refractivity contribution in [2.75, 3.05) is 9.80 Å². The molecule has 0 saturated carbocycles. The molecule has 0 unspecified atom stereocenters. The van der Waals surface area contributed by atoms with E-state index in [1.807, 2.05) is 0 Å². The van der Waals surface area contributed by atoms with Crippen molar-refractivity contribution in [1.29, 1.82) is 0 Å². The summed E-state index contributed by atoms with van der Waals surface area (Å²) in [5, 5.41) is 2.52. The third-order valence-electron chi connectivity index (χ3n) is 13.5. The van der Waals surface area contributed by atoms with Gasteiger partial charge < -0.3 is 14.4 Å². The Morgan fingerprint density at radius 2 is 0.727 bits per heavy atom. The molecule has 66 heavy (non-hydrogen) atoms. The molecule has 1 aliphatic rings. The monoisotopic (exact) mass is 845 g/mol. The fourth-order valence-corrected chi connectivity index (χ4v) is 10.3. The van der Waals surface area contributed by atoms with Gasteiger partial charge >= 0.3 is 0 Å². The second-order valence-electron chi connectivity index (χ2n) is 17.8. The fraction of sp³-hybridized carbons (Fsp3) is 0.0476. The Hall–Kier alpha value is -8.40. The van der Waals surface area contributed by atoms with Crippen LogP contribution in [0.25, 0.3) is 60.9 Å². The van der Waals surface area contributed by atoms with Gasteiger partial charge in [0.1, 0.15) is 0 Å². The highest BCUT2D eigenvalue weighted by Gasteiger charge is 2.35. The second kappa shape index (κ2) is 16.0. The maximum atomic E-state index is 2.50. The molecular formula is C63H47N3. The lowest BCUT2D eigenvalue weighted by Gasteiger charge is -2.35. The van der Waals surface area contributed by atoms with Crippen molar-refractivity contribution in [3.63, 3.8) is 0 Å². The molecule has 0 amide bonds. The van der Waals surface area contributed by atoms with E-state index >= 15 is 0 Å². The molecule has 11 aromatic rings. The molecule has 0 spiro atoms. The van der Waals surface area contributed by atoms with E-state index in [0.717, 1.165) is 39.7 Å². The van der Waals surface area contributed by atoms with Crippen molar-refractivity contribution < 1.29 is 0 Å². The molecule has 0 fully saturated rings. The molecule has 1 aliphatic heterocycles. The van der Waals surface area contributed by atoms with Crippen molar-refractivity contribution >= 4 is 55.9 Å². The predicted octanol–water partition coefficient (Wildman–Crippen LogP) is 17.4. The van der Waals surface area contributed by atoms with Gasteiger partial charge in [-0.05, 0) is 136 Å². The standard InChI is InChI=1S/C63H47N3/c1-63(2)58-28-16-18-30-61(58)66-60-29-17-15-27-56(60)57-41-49(42-59(63)62(57)66)48-39-54(64(50-23-11-5-12-24-50)52-35-31-46(32-36-52)44-19-7-3-8-20-44)43-55(40-48)65(51-25-13-6-14-26-51)53-37-33-47(34-38-53)45-21-9-4-10-22-45/h3-43H,1-2H3. The Morgan fingerprint density at radius 1 is 0.303 bits per heavy atom. The van der Waals surface area contributed by atoms with Gasteiger partial charge in [0, 0.05) is 50.3 Å². The van der Waals surface area contributed by atoms with E-state index in [2.05, 4.69) is 277 Å². The quantitative estimate of drug-likeness (QED) is 0.143. The smallest absolute Gasteiger partial charge is 0.0582 e. The average molecular weight is 846 g/mol. The van der Waals surface area contributed by atoms with Crippen LogP contribution in [0.1, 0.15) is 25.0 Å². The van der Waals surface area contributed by atoms with Gasteiger partial charge in [-0.25, -0.2) is 0 Å². The lowest BCUT2D eigenvalue weighted by Crippen LogP contribution is -2.26. The summed E-state index contributed by atoms with van der Waals surface area (Å²) in [6.07, 6.45) is 0. The number of benzene rings is 10. The third-order valence-corrected chi connectivity index (χ3v) is 13.5. The van der Waals surface area contributed by atoms with Crippen molar-refractivity contribution in [1.82, 2.24) is 4.57 Å². The van der Waals surface area contributed by atoms with Crippen molar-refractivity contribution in [3.8, 4) is 39.1 Å². The number of aromatic nitrogens is 1. The molecule has 3 nitrogen and oxygen atoms in total. The van der Waals surface area contributed by atoms with Crippen molar-refractivity contribution in [3.05, 3.63) is 260 Å². The topological polar surface area (TPSA) is 11.4 Å². The van der Waals surface area contributed by atoms with Crippen LogP contribution in [-0.2, 0) is 5.41 Å². The van der Waals surface area contributed by atoms with E-state index in [-0.39, 0.29) is 5.41 Å². The molecule has 0 radical (unpaired) electrons. The van der Waals surface area contributed by atoms with Crippen LogP contribution in [0.15, 0.2) is 249 Å². The van der Waals surface area contributed by atoms with E-state index in [4.69, 9.17) is 0 Å². The van der Waals surface area contributed by atoms with Crippen LogP contribution in [0.2, 0.25) is 0 Å². The Balaban J connectivity index is 1.12. The molecule has 10 aromatic carbocycles. The number of para-hydroxylation sites is 4. The minimum Gasteiger partial charge on any atom is -0.310 e.